The van der Waals surface area contributed by atoms with Gasteiger partial charge in [0.2, 0.25) is 0 Å². The molecule has 0 amide bonds. The Bertz CT molecular complexity index is 989. The Morgan fingerprint density at radius 3 is 2.64 bits per heavy atom. The molecule has 3 aromatic rings. The number of rotatable bonds is 3. The minimum absolute atomic E-state index is 0.0472. The fourth-order valence-corrected chi connectivity index (χ4v) is 2.33. The molecule has 1 aromatic carbocycles. The smallest absolute Gasteiger partial charge is 0.267 e. The zero-order valence-corrected chi connectivity index (χ0v) is 11.9. The van der Waals surface area contributed by atoms with Gasteiger partial charge in [0.15, 0.2) is 11.2 Å². The molecule has 0 aliphatic carbocycles. The van der Waals surface area contributed by atoms with Gasteiger partial charge in [-0.15, -0.1) is 11.5 Å². The van der Waals surface area contributed by atoms with Gasteiger partial charge in [0.1, 0.15) is 0 Å². The minimum Gasteiger partial charge on any atom is -0.267 e. The van der Waals surface area contributed by atoms with Crippen molar-refractivity contribution in [3.05, 3.63) is 56.7 Å². The van der Waals surface area contributed by atoms with Crippen molar-refractivity contribution in [1.29, 1.82) is 0 Å². The van der Waals surface area contributed by atoms with Crippen LogP contribution in [0.25, 0.3) is 11.2 Å². The highest BCUT2D eigenvalue weighted by molar-refractivity contribution is 5.69. The van der Waals surface area contributed by atoms with Crippen LogP contribution in [0.5, 0.6) is 0 Å². The molecular weight excluding hydrogens is 282 g/mol. The summed E-state index contributed by atoms with van der Waals surface area (Å²) in [7, 11) is 1.40. The summed E-state index contributed by atoms with van der Waals surface area (Å²) < 4.78 is 3.84. The first-order valence-corrected chi connectivity index (χ1v) is 6.64. The van der Waals surface area contributed by atoms with Gasteiger partial charge in [0, 0.05) is 7.05 Å². The lowest BCUT2D eigenvalue weighted by molar-refractivity contribution is 0.626. The van der Waals surface area contributed by atoms with E-state index >= 15 is 0 Å². The van der Waals surface area contributed by atoms with E-state index in [1.807, 2.05) is 30.3 Å². The van der Waals surface area contributed by atoms with Crippen LogP contribution in [-0.4, -0.2) is 24.1 Å². The number of fused-ring (bicyclic) bond motifs is 1. The number of nitrogens with zero attached hydrogens (tertiary/aromatic N) is 5. The molecule has 7 heteroatoms. The van der Waals surface area contributed by atoms with Gasteiger partial charge in [-0.25, -0.2) is 9.48 Å². The molecule has 0 aliphatic heterocycles. The standard InChI is InChI=1S/C15H13N5O2/c1-3-9-19-13-12(14(21)18(2)15(19)22)16-17-20(13)10-11-7-5-4-6-8-11/h1,4-8H,9-10H2,2H3. The van der Waals surface area contributed by atoms with Gasteiger partial charge >= 0.3 is 5.69 Å². The number of hydrogen-bond donors (Lipinski definition) is 0. The van der Waals surface area contributed by atoms with Crippen LogP contribution in [0.1, 0.15) is 5.56 Å². The van der Waals surface area contributed by atoms with Gasteiger partial charge in [-0.2, -0.15) is 0 Å². The monoisotopic (exact) mass is 295 g/mol. The van der Waals surface area contributed by atoms with Crippen LogP contribution in [-0.2, 0) is 20.1 Å². The summed E-state index contributed by atoms with van der Waals surface area (Å²) in [5, 5.41) is 7.91. The average molecular weight is 295 g/mol. The first kappa shape index (κ1) is 13.8. The molecule has 0 aliphatic rings. The number of terminal acetylenes is 1. The second kappa shape index (κ2) is 5.33. The second-order valence-electron chi connectivity index (χ2n) is 4.84. The van der Waals surface area contributed by atoms with E-state index in [9.17, 15) is 9.59 Å². The Morgan fingerprint density at radius 1 is 1.23 bits per heavy atom. The van der Waals surface area contributed by atoms with Crippen LogP contribution in [0.2, 0.25) is 0 Å². The SMILES string of the molecule is C#CCn1c(=O)n(C)c(=O)c2nnn(Cc3ccccc3)c21. The van der Waals surface area contributed by atoms with Crippen molar-refractivity contribution in [2.45, 2.75) is 13.1 Å². The van der Waals surface area contributed by atoms with E-state index in [2.05, 4.69) is 16.2 Å². The maximum Gasteiger partial charge on any atom is 0.333 e. The zero-order chi connectivity index (χ0) is 15.7. The summed E-state index contributed by atoms with van der Waals surface area (Å²) >= 11 is 0. The molecule has 0 unspecified atom stereocenters. The molecule has 110 valence electrons. The van der Waals surface area contributed by atoms with Gasteiger partial charge in [-0.1, -0.05) is 41.5 Å². The third-order valence-electron chi connectivity index (χ3n) is 3.41. The van der Waals surface area contributed by atoms with Crippen molar-refractivity contribution < 1.29 is 0 Å². The Hall–Kier alpha value is -3.14. The van der Waals surface area contributed by atoms with E-state index in [-0.39, 0.29) is 12.1 Å². The average Bonchev–Trinajstić information content (AvgIpc) is 2.94. The topological polar surface area (TPSA) is 74.7 Å². The molecule has 2 heterocycles. The van der Waals surface area contributed by atoms with Crippen LogP contribution in [0.3, 0.4) is 0 Å². The molecule has 0 N–H and O–H groups in total. The summed E-state index contributed by atoms with van der Waals surface area (Å²) in [6.45, 7) is 0.445. The lowest BCUT2D eigenvalue weighted by Crippen LogP contribution is -2.38. The van der Waals surface area contributed by atoms with Crippen molar-refractivity contribution in [2.24, 2.45) is 7.05 Å². The highest BCUT2D eigenvalue weighted by Crippen LogP contribution is 2.08. The largest absolute Gasteiger partial charge is 0.333 e. The van der Waals surface area contributed by atoms with Crippen molar-refractivity contribution in [1.82, 2.24) is 24.1 Å². The fourth-order valence-electron chi connectivity index (χ4n) is 2.33. The summed E-state index contributed by atoms with van der Waals surface area (Å²) in [4.78, 5) is 24.4. The summed E-state index contributed by atoms with van der Waals surface area (Å²) in [6, 6.07) is 9.58. The van der Waals surface area contributed by atoms with Crippen molar-refractivity contribution in [3.63, 3.8) is 0 Å². The molecule has 0 saturated carbocycles. The number of benzene rings is 1. The van der Waals surface area contributed by atoms with Crippen LogP contribution >= 0.6 is 0 Å². The Morgan fingerprint density at radius 2 is 1.95 bits per heavy atom. The number of aromatic nitrogens is 5. The van der Waals surface area contributed by atoms with Crippen molar-refractivity contribution >= 4 is 11.2 Å². The summed E-state index contributed by atoms with van der Waals surface area (Å²) in [5.41, 5.74) is 0.498. The van der Waals surface area contributed by atoms with E-state index in [0.29, 0.717) is 12.2 Å². The summed E-state index contributed by atoms with van der Waals surface area (Å²) in [5.74, 6) is 2.42. The molecule has 0 bridgehead atoms. The van der Waals surface area contributed by atoms with E-state index in [4.69, 9.17) is 6.42 Å². The molecule has 0 fully saturated rings. The lowest BCUT2D eigenvalue weighted by atomic mass is 10.2. The van der Waals surface area contributed by atoms with E-state index in [1.54, 1.807) is 0 Å². The third-order valence-corrected chi connectivity index (χ3v) is 3.41. The minimum atomic E-state index is -0.480. The van der Waals surface area contributed by atoms with E-state index < -0.39 is 11.2 Å². The predicted octanol–water partition coefficient (Wildman–Crippen LogP) is -0.0268. The van der Waals surface area contributed by atoms with Crippen LogP contribution in [0.4, 0.5) is 0 Å². The Labute approximate surface area is 125 Å². The Balaban J connectivity index is 2.27. The predicted molar refractivity (Wildman–Crippen MR) is 81.4 cm³/mol. The fraction of sp³-hybridized carbons (Fsp3) is 0.200. The van der Waals surface area contributed by atoms with Gasteiger partial charge in [-0.05, 0) is 5.56 Å². The maximum absolute atomic E-state index is 12.3. The lowest BCUT2D eigenvalue weighted by Gasteiger charge is -2.08. The number of hydrogen-bond acceptors (Lipinski definition) is 4. The quantitative estimate of drug-likeness (QED) is 0.636. The molecule has 0 saturated heterocycles. The molecule has 0 atom stereocenters. The molecule has 2 aromatic heterocycles. The first-order valence-electron chi connectivity index (χ1n) is 6.64. The van der Waals surface area contributed by atoms with Crippen molar-refractivity contribution in [3.8, 4) is 12.3 Å². The zero-order valence-electron chi connectivity index (χ0n) is 11.9. The van der Waals surface area contributed by atoms with Gasteiger partial charge in [0.05, 0.1) is 13.1 Å². The molecular formula is C15H13N5O2. The molecule has 7 nitrogen and oxygen atoms in total. The van der Waals surface area contributed by atoms with Gasteiger partial charge in [-0.3, -0.25) is 13.9 Å². The maximum atomic E-state index is 12.3. The third kappa shape index (κ3) is 2.11. The van der Waals surface area contributed by atoms with Gasteiger partial charge in [0.25, 0.3) is 5.56 Å². The van der Waals surface area contributed by atoms with Crippen LogP contribution in [0.15, 0.2) is 39.9 Å². The van der Waals surface area contributed by atoms with Crippen LogP contribution in [0, 0.1) is 12.3 Å². The van der Waals surface area contributed by atoms with Crippen LogP contribution < -0.4 is 11.2 Å². The van der Waals surface area contributed by atoms with E-state index in [0.717, 1.165) is 10.1 Å². The Kier molecular flexibility index (Phi) is 3.35. The van der Waals surface area contributed by atoms with E-state index in [1.165, 1.54) is 16.3 Å². The van der Waals surface area contributed by atoms with Crippen molar-refractivity contribution in [2.75, 3.05) is 0 Å². The normalized spacial score (nSPS) is 10.7. The first-order chi connectivity index (χ1) is 10.6. The molecule has 22 heavy (non-hydrogen) atoms. The van der Waals surface area contributed by atoms with Gasteiger partial charge < -0.3 is 0 Å². The molecule has 0 radical (unpaired) electrons. The highest BCUT2D eigenvalue weighted by atomic mass is 16.2. The molecule has 0 spiro atoms. The molecule has 3 rings (SSSR count). The highest BCUT2D eigenvalue weighted by Gasteiger charge is 2.17. The summed E-state index contributed by atoms with van der Waals surface area (Å²) in [6.07, 6.45) is 5.33. The second-order valence-corrected chi connectivity index (χ2v) is 4.84.